The van der Waals surface area contributed by atoms with Crippen molar-refractivity contribution in [2.45, 2.75) is 32.0 Å². The fraction of sp³-hybridized carbons (Fsp3) is 0.296. The number of fused-ring (bicyclic) bond motifs is 1. The van der Waals surface area contributed by atoms with Gasteiger partial charge in [-0.15, -0.1) is 0 Å². The fourth-order valence-corrected chi connectivity index (χ4v) is 4.73. The maximum absolute atomic E-state index is 13.2. The zero-order chi connectivity index (χ0) is 28.6. The number of imidazole rings is 1. The van der Waals surface area contributed by atoms with Crippen LogP contribution in [0.1, 0.15) is 45.1 Å². The molecular formula is C27H27F3N8O2. The minimum Gasteiger partial charge on any atom is -0.382 e. The van der Waals surface area contributed by atoms with Crippen molar-refractivity contribution in [1.29, 1.82) is 0 Å². The van der Waals surface area contributed by atoms with Crippen molar-refractivity contribution >= 4 is 29.0 Å². The summed E-state index contributed by atoms with van der Waals surface area (Å²) >= 11 is 0. The minimum absolute atomic E-state index is 0.0597. The van der Waals surface area contributed by atoms with Crippen LogP contribution in [0.25, 0.3) is 16.8 Å². The molecule has 4 heterocycles. The van der Waals surface area contributed by atoms with Crippen LogP contribution in [0, 0.1) is 6.92 Å². The lowest BCUT2D eigenvalue weighted by atomic mass is 10.1. The maximum atomic E-state index is 13.2. The van der Waals surface area contributed by atoms with Gasteiger partial charge in [0.1, 0.15) is 34.4 Å². The molecule has 1 aliphatic heterocycles. The van der Waals surface area contributed by atoms with Gasteiger partial charge in [0.2, 0.25) is 0 Å². The highest BCUT2D eigenvalue weighted by Gasteiger charge is 2.31. The summed E-state index contributed by atoms with van der Waals surface area (Å²) < 4.78 is 40.6. The molecule has 10 nitrogen and oxygen atoms in total. The zero-order valence-corrected chi connectivity index (χ0v) is 21.8. The topological polar surface area (TPSA) is 131 Å². The van der Waals surface area contributed by atoms with Crippen LogP contribution in [0.4, 0.5) is 24.8 Å². The molecule has 208 valence electrons. The first-order valence-corrected chi connectivity index (χ1v) is 12.6. The summed E-state index contributed by atoms with van der Waals surface area (Å²) in [4.78, 5) is 40.8. The van der Waals surface area contributed by atoms with E-state index < -0.39 is 17.6 Å². The molecule has 1 fully saturated rings. The van der Waals surface area contributed by atoms with Crippen molar-refractivity contribution < 1.29 is 22.8 Å². The van der Waals surface area contributed by atoms with E-state index in [4.69, 9.17) is 5.73 Å². The van der Waals surface area contributed by atoms with Gasteiger partial charge in [-0.25, -0.2) is 15.0 Å². The molecule has 4 N–H and O–H groups in total. The number of pyridine rings is 1. The second-order valence-electron chi connectivity index (χ2n) is 9.73. The van der Waals surface area contributed by atoms with Gasteiger partial charge < -0.3 is 21.3 Å². The van der Waals surface area contributed by atoms with Crippen LogP contribution >= 0.6 is 0 Å². The summed E-state index contributed by atoms with van der Waals surface area (Å²) in [5.41, 5.74) is 7.36. The summed E-state index contributed by atoms with van der Waals surface area (Å²) in [6, 6.07) is 7.96. The van der Waals surface area contributed by atoms with Crippen molar-refractivity contribution in [2.75, 3.05) is 31.2 Å². The van der Waals surface area contributed by atoms with Gasteiger partial charge in [0.25, 0.3) is 11.8 Å². The smallest absolute Gasteiger partial charge is 0.382 e. The Morgan fingerprint density at radius 2 is 1.75 bits per heavy atom. The highest BCUT2D eigenvalue weighted by molar-refractivity contribution is 6.04. The Kier molecular flexibility index (Phi) is 7.15. The van der Waals surface area contributed by atoms with E-state index in [1.807, 2.05) is 7.05 Å². The van der Waals surface area contributed by atoms with Crippen molar-refractivity contribution in [3.63, 3.8) is 0 Å². The molecule has 5 rings (SSSR count). The number of anilines is 2. The molecule has 0 bridgehead atoms. The molecule has 4 aromatic rings. The molecule has 0 atom stereocenters. The minimum atomic E-state index is -4.56. The largest absolute Gasteiger partial charge is 0.416 e. The van der Waals surface area contributed by atoms with Crippen LogP contribution in [-0.4, -0.2) is 62.2 Å². The summed E-state index contributed by atoms with van der Waals surface area (Å²) in [6.07, 6.45) is -0.439. The molecular weight excluding hydrogens is 525 g/mol. The van der Waals surface area contributed by atoms with Gasteiger partial charge >= 0.3 is 6.18 Å². The van der Waals surface area contributed by atoms with Gasteiger partial charge in [0.05, 0.1) is 11.8 Å². The molecule has 0 radical (unpaired) electrons. The van der Waals surface area contributed by atoms with E-state index in [0.29, 0.717) is 28.3 Å². The average Bonchev–Trinajstić information content (AvgIpc) is 3.28. The number of hydrogen-bond donors (Lipinski definition) is 3. The van der Waals surface area contributed by atoms with Crippen molar-refractivity contribution in [3.8, 4) is 11.3 Å². The van der Waals surface area contributed by atoms with Crippen LogP contribution in [0.15, 0.2) is 48.8 Å². The molecule has 0 saturated carbocycles. The van der Waals surface area contributed by atoms with Gasteiger partial charge in [0.15, 0.2) is 0 Å². The predicted octanol–water partition coefficient (Wildman–Crippen LogP) is 3.78. The van der Waals surface area contributed by atoms with Crippen molar-refractivity contribution in [3.05, 3.63) is 71.4 Å². The second-order valence-corrected chi connectivity index (χ2v) is 9.73. The van der Waals surface area contributed by atoms with Gasteiger partial charge in [-0.3, -0.25) is 14.0 Å². The fourth-order valence-electron chi connectivity index (χ4n) is 4.73. The maximum Gasteiger partial charge on any atom is 0.416 e. The molecule has 40 heavy (non-hydrogen) atoms. The number of carbonyl (C=O) groups excluding carboxylic acids is 2. The van der Waals surface area contributed by atoms with Crippen LogP contribution in [0.2, 0.25) is 0 Å². The Bertz CT molecular complexity index is 1580. The van der Waals surface area contributed by atoms with Crippen LogP contribution in [-0.2, 0) is 6.18 Å². The molecule has 1 aliphatic rings. The molecule has 0 aliphatic carbocycles. The number of halogens is 3. The number of aryl methyl sites for hydroxylation is 1. The Morgan fingerprint density at radius 3 is 2.42 bits per heavy atom. The highest BCUT2D eigenvalue weighted by atomic mass is 19.4. The van der Waals surface area contributed by atoms with E-state index >= 15 is 0 Å². The number of nitrogen functional groups attached to an aromatic ring is 1. The van der Waals surface area contributed by atoms with Gasteiger partial charge in [-0.05, 0) is 64.2 Å². The molecule has 3 aromatic heterocycles. The summed E-state index contributed by atoms with van der Waals surface area (Å²) in [7, 11) is 2.05. The SMILES string of the molecule is Cc1nc(-c2ccc(C(=O)Nc3cc(C(F)(F)F)ccn3)cc2)c2c(N)ncc(C(=O)NC3CCN(C)CC3)n12. The van der Waals surface area contributed by atoms with Crippen molar-refractivity contribution in [2.24, 2.45) is 0 Å². The quantitative estimate of drug-likeness (QED) is 0.344. The number of piperidine rings is 1. The number of nitrogens with zero attached hydrogens (tertiary/aromatic N) is 5. The lowest BCUT2D eigenvalue weighted by Crippen LogP contribution is -2.43. The zero-order valence-electron chi connectivity index (χ0n) is 21.8. The van der Waals surface area contributed by atoms with Gasteiger partial charge in [-0.1, -0.05) is 12.1 Å². The number of likely N-dealkylation sites (tertiary alicyclic amines) is 1. The predicted molar refractivity (Wildman–Crippen MR) is 143 cm³/mol. The molecule has 2 amide bonds. The van der Waals surface area contributed by atoms with Gasteiger partial charge in [-0.2, -0.15) is 13.2 Å². The average molecular weight is 553 g/mol. The Balaban J connectivity index is 1.39. The third-order valence-corrected chi connectivity index (χ3v) is 6.89. The standard InChI is InChI=1S/C27H27F3N8O2/c1-15-34-22(23-24(31)33-14-20(38(15)23)26(40)35-19-8-11-37(2)12-9-19)16-3-5-17(6-4-16)25(39)36-21-13-18(7-10-32-21)27(28,29)30/h3-7,10,13-14,19H,8-9,11-12H2,1-2H3,(H2,31,33)(H,35,40)(H,32,36,39). The number of nitrogens with one attached hydrogen (secondary N) is 2. The number of rotatable bonds is 5. The number of hydrogen-bond acceptors (Lipinski definition) is 7. The first kappa shape index (κ1) is 27.1. The normalized spacial score (nSPS) is 14.8. The Hall–Kier alpha value is -4.52. The number of benzene rings is 1. The molecule has 13 heteroatoms. The van der Waals surface area contributed by atoms with Crippen LogP contribution < -0.4 is 16.4 Å². The number of amides is 2. The Labute approximate surface area is 227 Å². The van der Waals surface area contributed by atoms with E-state index in [1.165, 1.54) is 18.3 Å². The number of carbonyl (C=O) groups is 2. The number of alkyl halides is 3. The third-order valence-electron chi connectivity index (χ3n) is 6.89. The van der Waals surface area contributed by atoms with E-state index in [2.05, 4.69) is 30.5 Å². The van der Waals surface area contributed by atoms with E-state index in [9.17, 15) is 22.8 Å². The van der Waals surface area contributed by atoms with E-state index in [1.54, 1.807) is 23.5 Å². The molecule has 0 spiro atoms. The van der Waals surface area contributed by atoms with Gasteiger partial charge in [0, 0.05) is 23.4 Å². The van der Waals surface area contributed by atoms with E-state index in [-0.39, 0.29) is 29.1 Å². The first-order chi connectivity index (χ1) is 19.0. The van der Waals surface area contributed by atoms with E-state index in [0.717, 1.165) is 44.3 Å². The van der Waals surface area contributed by atoms with Crippen molar-refractivity contribution in [1.82, 2.24) is 29.6 Å². The van der Waals surface area contributed by atoms with Crippen LogP contribution in [0.5, 0.6) is 0 Å². The lowest BCUT2D eigenvalue weighted by molar-refractivity contribution is -0.137. The summed E-state index contributed by atoms with van der Waals surface area (Å²) in [5, 5.41) is 5.47. The number of aromatic nitrogens is 4. The third kappa shape index (κ3) is 5.45. The monoisotopic (exact) mass is 552 g/mol. The summed E-state index contributed by atoms with van der Waals surface area (Å²) in [6.45, 7) is 3.56. The van der Waals surface area contributed by atoms with Crippen LogP contribution in [0.3, 0.4) is 0 Å². The Morgan fingerprint density at radius 1 is 1.05 bits per heavy atom. The molecule has 1 aromatic carbocycles. The molecule has 0 unspecified atom stereocenters. The molecule has 1 saturated heterocycles. The second kappa shape index (κ2) is 10.6. The highest BCUT2D eigenvalue weighted by Crippen LogP contribution is 2.31. The first-order valence-electron chi connectivity index (χ1n) is 12.6. The summed E-state index contributed by atoms with van der Waals surface area (Å²) in [5.74, 6) is -0.397. The number of nitrogens with two attached hydrogens (primary N) is 1. The lowest BCUT2D eigenvalue weighted by Gasteiger charge is -2.29.